The molecule has 1 amide bonds. The second-order valence-corrected chi connectivity index (χ2v) is 7.16. The number of piperazine rings is 1. The largest absolute Gasteiger partial charge is 0.493 e. The van der Waals surface area contributed by atoms with Crippen molar-refractivity contribution in [2.75, 3.05) is 33.9 Å². The first kappa shape index (κ1) is 18.0. The summed E-state index contributed by atoms with van der Waals surface area (Å²) in [6.07, 6.45) is 7.66. The maximum Gasteiger partial charge on any atom is 0.219 e. The first-order valence-corrected chi connectivity index (χ1v) is 9.16. The third-order valence-electron chi connectivity index (χ3n) is 5.63. The lowest BCUT2D eigenvalue weighted by atomic mass is 9.78. The summed E-state index contributed by atoms with van der Waals surface area (Å²) in [5, 5.41) is 0. The Morgan fingerprint density at radius 2 is 1.96 bits per heavy atom. The van der Waals surface area contributed by atoms with E-state index < -0.39 is 0 Å². The monoisotopic (exact) mass is 347 g/mol. The molecule has 1 aromatic rings. The summed E-state index contributed by atoms with van der Waals surface area (Å²) in [6.45, 7) is 4.99. The molecule has 0 N–H and O–H groups in total. The minimum Gasteiger partial charge on any atom is -0.493 e. The van der Waals surface area contributed by atoms with Crippen molar-refractivity contribution in [3.63, 3.8) is 0 Å². The van der Waals surface area contributed by atoms with E-state index in [4.69, 9.17) is 9.47 Å². The Hall–Kier alpha value is -1.82. The molecule has 0 unspecified atom stereocenters. The number of hydrogen-bond donors (Lipinski definition) is 0. The maximum atomic E-state index is 12.2. The van der Waals surface area contributed by atoms with Gasteiger partial charge in [-0.15, -0.1) is 0 Å². The number of methoxy groups -OCH3 is 2. The van der Waals surface area contributed by atoms with Gasteiger partial charge in [-0.2, -0.15) is 0 Å². The third kappa shape index (κ3) is 3.59. The first-order chi connectivity index (χ1) is 12.1. The Morgan fingerprint density at radius 1 is 1.20 bits per heavy atom. The van der Waals surface area contributed by atoms with Gasteiger partial charge in [0.15, 0.2) is 11.5 Å². The smallest absolute Gasteiger partial charge is 0.219 e. The van der Waals surface area contributed by atoms with Crippen molar-refractivity contribution in [1.29, 1.82) is 0 Å². The van der Waals surface area contributed by atoms with E-state index in [0.717, 1.165) is 38.2 Å². The fourth-order valence-electron chi connectivity index (χ4n) is 4.50. The Bertz CT molecular complexity index is 614. The second kappa shape index (κ2) is 7.60. The van der Waals surface area contributed by atoms with Gasteiger partial charge in [0.25, 0.3) is 0 Å². The average molecular weight is 347 g/mol. The molecule has 0 atom stereocenters. The molecule has 1 saturated carbocycles. The molecule has 2 fully saturated rings. The van der Waals surface area contributed by atoms with Crippen LogP contribution in [0.3, 0.4) is 0 Å². The standard InChI is InChI=1S/C19H29N3O3/c1-15(23)22-12-11-21(14-19(22)8-5-4-6-9-19)13-16-18(25-3)17(24-2)7-10-20-16/h7,10H,4-6,8-9,11-14H2,1-3H3. The quantitative estimate of drug-likeness (QED) is 0.837. The average Bonchev–Trinajstić information content (AvgIpc) is 2.62. The van der Waals surface area contributed by atoms with Crippen LogP contribution in [0, 0.1) is 0 Å². The zero-order chi connectivity index (χ0) is 17.9. The molecule has 6 heteroatoms. The fourth-order valence-corrected chi connectivity index (χ4v) is 4.50. The lowest BCUT2D eigenvalue weighted by Crippen LogP contribution is -2.63. The molecule has 3 rings (SSSR count). The van der Waals surface area contributed by atoms with Crippen molar-refractivity contribution >= 4 is 5.91 Å². The highest BCUT2D eigenvalue weighted by atomic mass is 16.5. The summed E-state index contributed by atoms with van der Waals surface area (Å²) >= 11 is 0. The van der Waals surface area contributed by atoms with Crippen molar-refractivity contribution in [2.24, 2.45) is 0 Å². The summed E-state index contributed by atoms with van der Waals surface area (Å²) in [4.78, 5) is 21.2. The van der Waals surface area contributed by atoms with Crippen molar-refractivity contribution in [1.82, 2.24) is 14.8 Å². The highest BCUT2D eigenvalue weighted by Gasteiger charge is 2.43. The minimum absolute atomic E-state index is 0.00552. The predicted octanol–water partition coefficient (Wildman–Crippen LogP) is 2.47. The molecule has 25 heavy (non-hydrogen) atoms. The zero-order valence-electron chi connectivity index (χ0n) is 15.6. The molecule has 6 nitrogen and oxygen atoms in total. The number of nitrogens with zero attached hydrogens (tertiary/aromatic N) is 3. The second-order valence-electron chi connectivity index (χ2n) is 7.16. The van der Waals surface area contributed by atoms with Gasteiger partial charge < -0.3 is 14.4 Å². The van der Waals surface area contributed by atoms with Gasteiger partial charge in [-0.3, -0.25) is 14.7 Å². The van der Waals surface area contributed by atoms with Crippen LogP contribution in [0.25, 0.3) is 0 Å². The molecule has 0 aromatic carbocycles. The molecule has 1 spiro atoms. The van der Waals surface area contributed by atoms with Crippen molar-refractivity contribution < 1.29 is 14.3 Å². The van der Waals surface area contributed by atoms with Gasteiger partial charge in [-0.05, 0) is 12.8 Å². The van der Waals surface area contributed by atoms with Crippen LogP contribution in [-0.2, 0) is 11.3 Å². The summed E-state index contributed by atoms with van der Waals surface area (Å²) < 4.78 is 10.9. The van der Waals surface area contributed by atoms with Gasteiger partial charge in [-0.25, -0.2) is 0 Å². The van der Waals surface area contributed by atoms with E-state index in [1.807, 2.05) is 6.07 Å². The van der Waals surface area contributed by atoms with Crippen LogP contribution in [0.5, 0.6) is 11.5 Å². The molecule has 0 radical (unpaired) electrons. The zero-order valence-corrected chi connectivity index (χ0v) is 15.6. The highest BCUT2D eigenvalue weighted by molar-refractivity contribution is 5.74. The van der Waals surface area contributed by atoms with E-state index in [-0.39, 0.29) is 11.4 Å². The van der Waals surface area contributed by atoms with Gasteiger partial charge in [0, 0.05) is 45.4 Å². The van der Waals surface area contributed by atoms with Crippen LogP contribution in [-0.4, -0.2) is 60.1 Å². The van der Waals surface area contributed by atoms with E-state index in [2.05, 4.69) is 14.8 Å². The van der Waals surface area contributed by atoms with E-state index in [9.17, 15) is 4.79 Å². The Balaban J connectivity index is 1.80. The van der Waals surface area contributed by atoms with Gasteiger partial charge in [0.05, 0.1) is 19.8 Å². The number of carbonyl (C=O) groups excluding carboxylic acids is 1. The van der Waals surface area contributed by atoms with E-state index in [1.54, 1.807) is 27.3 Å². The molecule has 138 valence electrons. The van der Waals surface area contributed by atoms with Crippen molar-refractivity contribution in [3.05, 3.63) is 18.0 Å². The fraction of sp³-hybridized carbons (Fsp3) is 0.684. The molecule has 1 aliphatic carbocycles. The van der Waals surface area contributed by atoms with Crippen LogP contribution in [0.15, 0.2) is 12.3 Å². The molecular weight excluding hydrogens is 318 g/mol. The van der Waals surface area contributed by atoms with Crippen LogP contribution in [0.2, 0.25) is 0 Å². The third-order valence-corrected chi connectivity index (χ3v) is 5.63. The Kier molecular flexibility index (Phi) is 5.47. The normalized spacial score (nSPS) is 20.5. The van der Waals surface area contributed by atoms with Gasteiger partial charge in [-0.1, -0.05) is 19.3 Å². The number of carbonyl (C=O) groups is 1. The van der Waals surface area contributed by atoms with Gasteiger partial charge in [0.1, 0.15) is 5.69 Å². The number of rotatable bonds is 4. The SMILES string of the molecule is COc1ccnc(CN2CCN(C(C)=O)C3(CCCCC3)C2)c1OC. The molecule has 2 heterocycles. The van der Waals surface area contributed by atoms with Crippen LogP contribution >= 0.6 is 0 Å². The van der Waals surface area contributed by atoms with Crippen LogP contribution < -0.4 is 9.47 Å². The Morgan fingerprint density at radius 3 is 2.60 bits per heavy atom. The maximum absolute atomic E-state index is 12.2. The number of ether oxygens (including phenoxy) is 2. The topological polar surface area (TPSA) is 54.9 Å². The minimum atomic E-state index is -0.00552. The summed E-state index contributed by atoms with van der Waals surface area (Å²) in [5.41, 5.74) is 0.887. The number of hydrogen-bond acceptors (Lipinski definition) is 5. The number of amides is 1. The van der Waals surface area contributed by atoms with Gasteiger partial charge >= 0.3 is 0 Å². The summed E-state index contributed by atoms with van der Waals surface area (Å²) in [5.74, 6) is 1.62. The Labute approximate surface area is 150 Å². The van der Waals surface area contributed by atoms with Crippen molar-refractivity contribution in [3.8, 4) is 11.5 Å². The van der Waals surface area contributed by atoms with E-state index >= 15 is 0 Å². The van der Waals surface area contributed by atoms with E-state index in [1.165, 1.54) is 19.3 Å². The van der Waals surface area contributed by atoms with Crippen molar-refractivity contribution in [2.45, 2.75) is 51.1 Å². The lowest BCUT2D eigenvalue weighted by Gasteiger charge is -2.52. The molecule has 0 bridgehead atoms. The summed E-state index contributed by atoms with van der Waals surface area (Å²) in [7, 11) is 3.30. The van der Waals surface area contributed by atoms with Crippen LogP contribution in [0.1, 0.15) is 44.7 Å². The summed E-state index contributed by atoms with van der Waals surface area (Å²) in [6, 6.07) is 1.82. The molecule has 1 aliphatic heterocycles. The molecule has 1 aromatic heterocycles. The highest BCUT2D eigenvalue weighted by Crippen LogP contribution is 2.38. The lowest BCUT2D eigenvalue weighted by molar-refractivity contribution is -0.142. The predicted molar refractivity (Wildman–Crippen MR) is 95.8 cm³/mol. The molecule has 1 saturated heterocycles. The number of aromatic nitrogens is 1. The van der Waals surface area contributed by atoms with Crippen LogP contribution in [0.4, 0.5) is 0 Å². The first-order valence-electron chi connectivity index (χ1n) is 9.16. The van der Waals surface area contributed by atoms with Gasteiger partial charge in [0.2, 0.25) is 5.91 Å². The molecule has 2 aliphatic rings. The number of pyridine rings is 1. The van der Waals surface area contributed by atoms with E-state index in [0.29, 0.717) is 18.0 Å². The molecular formula is C19H29N3O3.